The summed E-state index contributed by atoms with van der Waals surface area (Å²) in [6.07, 6.45) is 0. The van der Waals surface area contributed by atoms with Gasteiger partial charge in [0.15, 0.2) is 5.54 Å². The van der Waals surface area contributed by atoms with Crippen LogP contribution in [0.25, 0.3) is 0 Å². The van der Waals surface area contributed by atoms with Gasteiger partial charge in [-0.15, -0.1) is 0 Å². The number of nitrogens with one attached hydrogen (secondary N) is 2. The lowest BCUT2D eigenvalue weighted by Gasteiger charge is -2.28. The van der Waals surface area contributed by atoms with Gasteiger partial charge in [-0.1, -0.05) is 71.8 Å². The van der Waals surface area contributed by atoms with Crippen LogP contribution in [0.3, 0.4) is 0 Å². The first-order valence-electron chi connectivity index (χ1n) is 10.6. The fraction of sp³-hybridized carbons (Fsp3) is 0.192. The van der Waals surface area contributed by atoms with Crippen molar-refractivity contribution in [3.05, 3.63) is 106 Å². The maximum atomic E-state index is 13.7. The third-order valence-electron chi connectivity index (χ3n) is 5.78. The van der Waals surface area contributed by atoms with Gasteiger partial charge < -0.3 is 10.6 Å². The Hall–Kier alpha value is -4.00. The first-order chi connectivity index (χ1) is 15.8. The van der Waals surface area contributed by atoms with Crippen molar-refractivity contribution in [2.45, 2.75) is 25.9 Å². The molecule has 0 atom stereocenters. The highest BCUT2D eigenvalue weighted by Gasteiger charge is 2.54. The summed E-state index contributed by atoms with van der Waals surface area (Å²) in [5.74, 6) is -1.38. The molecule has 4 amide bonds. The summed E-state index contributed by atoms with van der Waals surface area (Å²) >= 11 is 0. The monoisotopic (exact) mass is 445 g/mol. The van der Waals surface area contributed by atoms with Gasteiger partial charge in [-0.05, 0) is 42.7 Å². The molecule has 33 heavy (non-hydrogen) atoms. The highest BCUT2D eigenvalue weighted by molar-refractivity contribution is 6.11. The van der Waals surface area contributed by atoms with Crippen molar-refractivity contribution in [1.29, 1.82) is 0 Å². The minimum atomic E-state index is -1.42. The van der Waals surface area contributed by atoms with Gasteiger partial charge in [-0.2, -0.15) is 0 Å². The third kappa shape index (κ3) is 4.35. The predicted molar refractivity (Wildman–Crippen MR) is 122 cm³/mol. The van der Waals surface area contributed by atoms with E-state index in [2.05, 4.69) is 10.6 Å². The molecule has 1 aliphatic rings. The second kappa shape index (κ2) is 8.86. The van der Waals surface area contributed by atoms with Crippen LogP contribution in [0.1, 0.15) is 27.8 Å². The number of hydrogen-bond donors (Lipinski definition) is 2. The Morgan fingerprint density at radius 2 is 1.39 bits per heavy atom. The van der Waals surface area contributed by atoms with Gasteiger partial charge in [0.2, 0.25) is 5.91 Å². The van der Waals surface area contributed by atoms with E-state index in [1.807, 2.05) is 62.4 Å². The molecule has 0 aromatic heterocycles. The number of imide groups is 1. The van der Waals surface area contributed by atoms with E-state index in [1.165, 1.54) is 12.1 Å². The van der Waals surface area contributed by atoms with Gasteiger partial charge in [0.1, 0.15) is 12.4 Å². The zero-order valence-corrected chi connectivity index (χ0v) is 18.4. The first-order valence-corrected chi connectivity index (χ1v) is 10.6. The molecule has 0 saturated carbocycles. The molecule has 3 aromatic carbocycles. The summed E-state index contributed by atoms with van der Waals surface area (Å²) in [6.45, 7) is 3.61. The van der Waals surface area contributed by atoms with Gasteiger partial charge in [-0.25, -0.2) is 9.18 Å². The predicted octanol–water partition coefficient (Wildman–Crippen LogP) is 3.55. The average Bonchev–Trinajstić information content (AvgIpc) is 3.05. The molecule has 0 radical (unpaired) electrons. The summed E-state index contributed by atoms with van der Waals surface area (Å²) in [5.41, 5.74) is 2.55. The fourth-order valence-corrected chi connectivity index (χ4v) is 3.89. The number of urea groups is 1. The Balaban J connectivity index is 1.59. The zero-order chi connectivity index (χ0) is 23.6. The summed E-state index contributed by atoms with van der Waals surface area (Å²) in [6, 6.07) is 19.8. The first kappa shape index (κ1) is 22.2. The number of amides is 4. The van der Waals surface area contributed by atoms with E-state index in [0.29, 0.717) is 16.7 Å². The molecule has 7 heteroatoms. The highest BCUT2D eigenvalue weighted by atomic mass is 19.1. The van der Waals surface area contributed by atoms with Crippen molar-refractivity contribution in [3.63, 3.8) is 0 Å². The quantitative estimate of drug-likeness (QED) is 0.570. The molecule has 3 aromatic rings. The van der Waals surface area contributed by atoms with Crippen LogP contribution in [0.4, 0.5) is 9.18 Å². The van der Waals surface area contributed by atoms with Gasteiger partial charge in [0.05, 0.1) is 0 Å². The summed E-state index contributed by atoms with van der Waals surface area (Å²) in [4.78, 5) is 40.1. The van der Waals surface area contributed by atoms with Crippen LogP contribution in [0.5, 0.6) is 0 Å². The molecular weight excluding hydrogens is 421 g/mol. The van der Waals surface area contributed by atoms with Crippen LogP contribution >= 0.6 is 0 Å². The Labute approximate surface area is 191 Å². The number of benzene rings is 3. The number of carbonyl (C=O) groups is 3. The minimum Gasteiger partial charge on any atom is -0.350 e. The zero-order valence-electron chi connectivity index (χ0n) is 18.4. The van der Waals surface area contributed by atoms with Crippen molar-refractivity contribution in [2.75, 3.05) is 6.54 Å². The van der Waals surface area contributed by atoms with Crippen molar-refractivity contribution in [1.82, 2.24) is 15.5 Å². The van der Waals surface area contributed by atoms with Crippen LogP contribution in [0, 0.1) is 19.7 Å². The molecule has 1 fully saturated rings. The SMILES string of the molecule is Cc1ccc(C2(c3ccc(C)cc3)NC(=O)N(CC(=O)NCc3ccc(F)cc3)C2=O)cc1. The lowest BCUT2D eigenvalue weighted by Crippen LogP contribution is -2.46. The van der Waals surface area contributed by atoms with Crippen molar-refractivity contribution < 1.29 is 18.8 Å². The van der Waals surface area contributed by atoms with Crippen molar-refractivity contribution >= 4 is 17.8 Å². The maximum absolute atomic E-state index is 13.7. The van der Waals surface area contributed by atoms with Crippen molar-refractivity contribution in [3.8, 4) is 0 Å². The third-order valence-corrected chi connectivity index (χ3v) is 5.78. The molecule has 0 spiro atoms. The van der Waals surface area contributed by atoms with Gasteiger partial charge in [0, 0.05) is 6.54 Å². The van der Waals surface area contributed by atoms with E-state index in [0.717, 1.165) is 16.0 Å². The Morgan fingerprint density at radius 1 is 0.879 bits per heavy atom. The maximum Gasteiger partial charge on any atom is 0.326 e. The van der Waals surface area contributed by atoms with Crippen LogP contribution in [-0.2, 0) is 21.7 Å². The van der Waals surface area contributed by atoms with E-state index >= 15 is 0 Å². The lowest BCUT2D eigenvalue weighted by molar-refractivity contribution is -0.134. The van der Waals surface area contributed by atoms with Crippen LogP contribution in [0.2, 0.25) is 0 Å². The van der Waals surface area contributed by atoms with Gasteiger partial charge in [-0.3, -0.25) is 14.5 Å². The molecule has 2 N–H and O–H groups in total. The normalized spacial score (nSPS) is 14.8. The second-order valence-electron chi connectivity index (χ2n) is 8.21. The Kier molecular flexibility index (Phi) is 5.96. The number of aryl methyl sites for hydroxylation is 2. The second-order valence-corrected chi connectivity index (χ2v) is 8.21. The van der Waals surface area contributed by atoms with Crippen LogP contribution in [-0.4, -0.2) is 29.3 Å². The number of rotatable bonds is 6. The Morgan fingerprint density at radius 3 is 1.91 bits per heavy atom. The number of halogens is 1. The lowest BCUT2D eigenvalue weighted by atomic mass is 9.82. The number of carbonyl (C=O) groups excluding carboxylic acids is 3. The average molecular weight is 445 g/mol. The fourth-order valence-electron chi connectivity index (χ4n) is 3.89. The molecule has 168 valence electrons. The molecule has 1 heterocycles. The smallest absolute Gasteiger partial charge is 0.326 e. The van der Waals surface area contributed by atoms with Gasteiger partial charge >= 0.3 is 6.03 Å². The molecule has 6 nitrogen and oxygen atoms in total. The topological polar surface area (TPSA) is 78.5 Å². The van der Waals surface area contributed by atoms with E-state index < -0.39 is 29.9 Å². The van der Waals surface area contributed by atoms with Crippen LogP contribution < -0.4 is 10.6 Å². The Bertz CT molecular complexity index is 1140. The summed E-state index contributed by atoms with van der Waals surface area (Å²) in [5, 5.41) is 5.51. The summed E-state index contributed by atoms with van der Waals surface area (Å²) < 4.78 is 13.1. The van der Waals surface area contributed by atoms with Gasteiger partial charge in [0.25, 0.3) is 5.91 Å². The molecule has 0 bridgehead atoms. The number of hydrogen-bond acceptors (Lipinski definition) is 3. The molecule has 1 aliphatic heterocycles. The van der Waals surface area contributed by atoms with E-state index in [-0.39, 0.29) is 12.4 Å². The largest absolute Gasteiger partial charge is 0.350 e. The molecule has 1 saturated heterocycles. The molecule has 4 rings (SSSR count). The van der Waals surface area contributed by atoms with E-state index in [1.54, 1.807) is 12.1 Å². The summed E-state index contributed by atoms with van der Waals surface area (Å²) in [7, 11) is 0. The van der Waals surface area contributed by atoms with Crippen molar-refractivity contribution in [2.24, 2.45) is 0 Å². The molecular formula is C26H24FN3O3. The standard InChI is InChI=1S/C26H24FN3O3/c1-17-3-9-20(10-4-17)26(21-11-5-18(2)6-12-21)24(32)30(25(33)29-26)16-23(31)28-15-19-7-13-22(27)14-8-19/h3-14H,15-16H2,1-2H3,(H,28,31)(H,29,33). The van der Waals surface area contributed by atoms with E-state index in [4.69, 9.17) is 0 Å². The number of nitrogens with zero attached hydrogens (tertiary/aromatic N) is 1. The minimum absolute atomic E-state index is 0.157. The van der Waals surface area contributed by atoms with E-state index in [9.17, 15) is 18.8 Å². The van der Waals surface area contributed by atoms with Crippen LogP contribution in [0.15, 0.2) is 72.8 Å². The highest BCUT2D eigenvalue weighted by Crippen LogP contribution is 2.36. The molecule has 0 aliphatic carbocycles. The molecule has 0 unspecified atom stereocenters.